The zero-order valence-electron chi connectivity index (χ0n) is 12.1. The highest BCUT2D eigenvalue weighted by Crippen LogP contribution is 2.30. The second-order valence-electron chi connectivity index (χ2n) is 5.61. The highest BCUT2D eigenvalue weighted by Gasteiger charge is 2.24. The summed E-state index contributed by atoms with van der Waals surface area (Å²) in [6.07, 6.45) is 2.23. The number of halogens is 1. The van der Waals surface area contributed by atoms with Crippen LogP contribution in [0.2, 0.25) is 0 Å². The van der Waals surface area contributed by atoms with Gasteiger partial charge in [-0.15, -0.1) is 0 Å². The first-order valence-corrected chi connectivity index (χ1v) is 6.96. The summed E-state index contributed by atoms with van der Waals surface area (Å²) >= 11 is 0. The molecular weight excluding hydrogens is 241 g/mol. The van der Waals surface area contributed by atoms with E-state index < -0.39 is 0 Å². The van der Waals surface area contributed by atoms with Gasteiger partial charge in [0.25, 0.3) is 0 Å². The molecule has 19 heavy (non-hydrogen) atoms. The number of nitrogens with zero attached hydrogens (tertiary/aromatic N) is 2. The van der Waals surface area contributed by atoms with E-state index in [1.54, 1.807) is 6.07 Å². The molecule has 4 heteroatoms. The van der Waals surface area contributed by atoms with Crippen molar-refractivity contribution >= 4 is 5.69 Å². The van der Waals surface area contributed by atoms with Gasteiger partial charge in [0.2, 0.25) is 0 Å². The monoisotopic (exact) mass is 265 g/mol. The van der Waals surface area contributed by atoms with Gasteiger partial charge in [0.1, 0.15) is 5.82 Å². The van der Waals surface area contributed by atoms with Crippen molar-refractivity contribution in [3.63, 3.8) is 0 Å². The smallest absolute Gasteiger partial charge is 0.130 e. The predicted octanol–water partition coefficient (Wildman–Crippen LogP) is 2.38. The summed E-state index contributed by atoms with van der Waals surface area (Å²) in [5, 5.41) is 0. The predicted molar refractivity (Wildman–Crippen MR) is 77.9 cm³/mol. The van der Waals surface area contributed by atoms with Crippen LogP contribution in [0.15, 0.2) is 18.2 Å². The maximum Gasteiger partial charge on any atom is 0.130 e. The van der Waals surface area contributed by atoms with Crippen molar-refractivity contribution in [1.82, 2.24) is 4.90 Å². The number of nitrogens with two attached hydrogens (primary N) is 1. The van der Waals surface area contributed by atoms with E-state index in [2.05, 4.69) is 23.9 Å². The Bertz CT molecular complexity index is 425. The van der Waals surface area contributed by atoms with Gasteiger partial charge in [-0.2, -0.15) is 0 Å². The maximum absolute atomic E-state index is 14.0. The minimum atomic E-state index is -0.287. The van der Waals surface area contributed by atoms with Gasteiger partial charge >= 0.3 is 0 Å². The molecule has 1 heterocycles. The summed E-state index contributed by atoms with van der Waals surface area (Å²) in [5.41, 5.74) is 7.49. The number of benzene rings is 1. The molecule has 0 radical (unpaired) electrons. The van der Waals surface area contributed by atoms with Crippen LogP contribution in [0.3, 0.4) is 0 Å². The molecule has 0 spiro atoms. The zero-order valence-corrected chi connectivity index (χ0v) is 12.1. The van der Waals surface area contributed by atoms with Crippen molar-refractivity contribution < 1.29 is 4.39 Å². The van der Waals surface area contributed by atoms with E-state index in [4.69, 9.17) is 5.73 Å². The third kappa shape index (κ3) is 3.07. The van der Waals surface area contributed by atoms with E-state index >= 15 is 0 Å². The topological polar surface area (TPSA) is 32.5 Å². The first-order valence-electron chi connectivity index (χ1n) is 6.96. The van der Waals surface area contributed by atoms with E-state index in [9.17, 15) is 4.39 Å². The summed E-state index contributed by atoms with van der Waals surface area (Å²) in [5.74, 6) is -0.202. The van der Waals surface area contributed by atoms with Crippen LogP contribution >= 0.6 is 0 Å². The molecule has 106 valence electrons. The first kappa shape index (κ1) is 14.3. The second kappa shape index (κ2) is 5.88. The number of piperidine rings is 1. The largest absolute Gasteiger partial charge is 0.371 e. The third-order valence-electron chi connectivity index (χ3n) is 4.10. The number of anilines is 1. The highest BCUT2D eigenvalue weighted by molar-refractivity contribution is 5.55. The molecule has 3 nitrogen and oxygen atoms in total. The first-order chi connectivity index (χ1) is 9.00. The van der Waals surface area contributed by atoms with E-state index in [0.29, 0.717) is 11.6 Å². The molecule has 1 aromatic rings. The van der Waals surface area contributed by atoms with Crippen LogP contribution in [0, 0.1) is 5.82 Å². The number of rotatable bonds is 3. The number of hydrogen-bond acceptors (Lipinski definition) is 3. The van der Waals surface area contributed by atoms with Gasteiger partial charge in [-0.05, 0) is 52.0 Å². The van der Waals surface area contributed by atoms with Crippen LogP contribution in [-0.2, 0) is 0 Å². The van der Waals surface area contributed by atoms with Crippen molar-refractivity contribution in [3.8, 4) is 0 Å². The van der Waals surface area contributed by atoms with Gasteiger partial charge in [-0.1, -0.05) is 6.07 Å². The Morgan fingerprint density at radius 3 is 2.58 bits per heavy atom. The van der Waals surface area contributed by atoms with Crippen LogP contribution in [0.1, 0.15) is 31.4 Å². The fraction of sp³-hybridized carbons (Fsp3) is 0.600. The van der Waals surface area contributed by atoms with Gasteiger partial charge in [-0.25, -0.2) is 4.39 Å². The molecule has 1 atom stereocenters. The van der Waals surface area contributed by atoms with Crippen LogP contribution in [0.5, 0.6) is 0 Å². The van der Waals surface area contributed by atoms with Crippen LogP contribution in [-0.4, -0.2) is 38.1 Å². The Balaban J connectivity index is 2.23. The van der Waals surface area contributed by atoms with Crippen LogP contribution in [0.25, 0.3) is 0 Å². The van der Waals surface area contributed by atoms with Crippen LogP contribution < -0.4 is 10.6 Å². The molecule has 0 unspecified atom stereocenters. The Hall–Kier alpha value is -1.13. The molecule has 1 fully saturated rings. The molecule has 0 amide bonds. The van der Waals surface area contributed by atoms with E-state index in [1.165, 1.54) is 6.07 Å². The lowest BCUT2D eigenvalue weighted by molar-refractivity contribution is 0.252. The van der Waals surface area contributed by atoms with Gasteiger partial charge in [-0.3, -0.25) is 0 Å². The lowest BCUT2D eigenvalue weighted by Crippen LogP contribution is -2.42. The third-order valence-corrected chi connectivity index (χ3v) is 4.10. The summed E-state index contributed by atoms with van der Waals surface area (Å²) < 4.78 is 14.0. The normalized spacial score (nSPS) is 19.4. The van der Waals surface area contributed by atoms with E-state index in [-0.39, 0.29) is 11.9 Å². The van der Waals surface area contributed by atoms with Crippen LogP contribution in [0.4, 0.5) is 10.1 Å². The molecule has 1 aliphatic heterocycles. The molecule has 1 aliphatic rings. The Morgan fingerprint density at radius 2 is 2.00 bits per heavy atom. The summed E-state index contributed by atoms with van der Waals surface area (Å²) in [4.78, 5) is 4.54. The average molecular weight is 265 g/mol. The average Bonchev–Trinajstić information content (AvgIpc) is 2.38. The minimum Gasteiger partial charge on any atom is -0.371 e. The molecule has 2 rings (SSSR count). The molecule has 0 aromatic heterocycles. The quantitative estimate of drug-likeness (QED) is 0.910. The molecule has 2 N–H and O–H groups in total. The Kier molecular flexibility index (Phi) is 4.42. The van der Waals surface area contributed by atoms with Gasteiger partial charge in [0.05, 0.1) is 0 Å². The zero-order chi connectivity index (χ0) is 14.0. The Morgan fingerprint density at radius 1 is 1.37 bits per heavy atom. The fourth-order valence-electron chi connectivity index (χ4n) is 2.86. The molecular formula is C15H24FN3. The van der Waals surface area contributed by atoms with Gasteiger partial charge in [0.15, 0.2) is 0 Å². The van der Waals surface area contributed by atoms with Crippen molar-refractivity contribution in [3.05, 3.63) is 29.6 Å². The molecule has 0 bridgehead atoms. The van der Waals surface area contributed by atoms with E-state index in [1.807, 2.05) is 13.0 Å². The number of likely N-dealkylation sites (tertiary alicyclic amines) is 1. The number of hydrogen-bond donors (Lipinski definition) is 1. The van der Waals surface area contributed by atoms with E-state index in [0.717, 1.165) is 31.6 Å². The lowest BCUT2D eigenvalue weighted by Gasteiger charge is -2.37. The van der Waals surface area contributed by atoms with Gasteiger partial charge in [0, 0.05) is 30.4 Å². The van der Waals surface area contributed by atoms with Crippen molar-refractivity contribution in [1.29, 1.82) is 0 Å². The molecule has 0 saturated carbocycles. The standard InChI is InChI=1S/C15H24FN3/c1-11(17)15-13(16)5-4-6-14(15)19(3)12-7-9-18(2)10-8-12/h4-6,11-12H,7-10,17H2,1-3H3/t11-/m1/s1. The Labute approximate surface area is 115 Å². The summed E-state index contributed by atoms with van der Waals surface area (Å²) in [6, 6.07) is 5.41. The highest BCUT2D eigenvalue weighted by atomic mass is 19.1. The molecule has 1 saturated heterocycles. The van der Waals surface area contributed by atoms with Gasteiger partial charge < -0.3 is 15.5 Å². The molecule has 0 aliphatic carbocycles. The minimum absolute atomic E-state index is 0.202. The maximum atomic E-state index is 14.0. The SMILES string of the molecule is C[C@@H](N)c1c(F)cccc1N(C)C1CCN(C)CC1. The molecule has 1 aromatic carbocycles. The van der Waals surface area contributed by atoms with Crippen molar-refractivity contribution in [2.45, 2.75) is 31.8 Å². The van der Waals surface area contributed by atoms with Crippen molar-refractivity contribution in [2.75, 3.05) is 32.1 Å². The fourth-order valence-corrected chi connectivity index (χ4v) is 2.86. The lowest BCUT2D eigenvalue weighted by atomic mass is 10.00. The summed E-state index contributed by atoms with van der Waals surface area (Å²) in [6.45, 7) is 4.03. The van der Waals surface area contributed by atoms with Crippen molar-refractivity contribution in [2.24, 2.45) is 5.73 Å². The second-order valence-corrected chi connectivity index (χ2v) is 5.61. The summed E-state index contributed by atoms with van der Waals surface area (Å²) in [7, 11) is 4.20.